The van der Waals surface area contributed by atoms with Crippen molar-refractivity contribution in [2.45, 2.75) is 32.7 Å². The number of rotatable bonds is 1. The van der Waals surface area contributed by atoms with Crippen molar-refractivity contribution in [1.29, 1.82) is 5.26 Å². The van der Waals surface area contributed by atoms with Crippen LogP contribution in [0.3, 0.4) is 0 Å². The van der Waals surface area contributed by atoms with Crippen LogP contribution in [0.15, 0.2) is 42.5 Å². The first-order chi connectivity index (χ1) is 9.70. The summed E-state index contributed by atoms with van der Waals surface area (Å²) in [5.41, 5.74) is 5.52. The van der Waals surface area contributed by atoms with Crippen LogP contribution >= 0.6 is 0 Å². The van der Waals surface area contributed by atoms with Gasteiger partial charge in [0.2, 0.25) is 0 Å². The molecule has 0 saturated heterocycles. The number of nitriles is 1. The number of aryl methyl sites for hydroxylation is 2. The molecule has 0 radical (unpaired) electrons. The average Bonchev–Trinajstić information content (AvgIpc) is 2.48. The largest absolute Gasteiger partial charge is 0.337 e. The number of fused-ring (bicyclic) bond motifs is 1. The molecule has 0 spiro atoms. The van der Waals surface area contributed by atoms with Gasteiger partial charge in [-0.05, 0) is 56.0 Å². The first-order valence-corrected chi connectivity index (χ1v) is 7.08. The Labute approximate surface area is 120 Å². The molecule has 2 nitrogen and oxygen atoms in total. The van der Waals surface area contributed by atoms with Crippen LogP contribution in [0.2, 0.25) is 0 Å². The van der Waals surface area contributed by atoms with Crippen molar-refractivity contribution in [2.75, 3.05) is 4.90 Å². The highest BCUT2D eigenvalue weighted by molar-refractivity contribution is 5.73. The molecule has 0 N–H and O–H groups in total. The van der Waals surface area contributed by atoms with E-state index >= 15 is 0 Å². The summed E-state index contributed by atoms with van der Waals surface area (Å²) in [4.78, 5) is 2.32. The van der Waals surface area contributed by atoms with Crippen LogP contribution in [0.4, 0.5) is 11.4 Å². The molecule has 0 aromatic heterocycles. The predicted octanol–water partition coefficient (Wildman–Crippen LogP) is 4.34. The molecule has 1 aliphatic rings. The van der Waals surface area contributed by atoms with E-state index in [4.69, 9.17) is 0 Å². The van der Waals surface area contributed by atoms with Gasteiger partial charge < -0.3 is 4.90 Å². The minimum Gasteiger partial charge on any atom is -0.337 e. The lowest BCUT2D eigenvalue weighted by atomic mass is 9.95. The summed E-state index contributed by atoms with van der Waals surface area (Å²) in [7, 11) is 0. The molecule has 0 amide bonds. The van der Waals surface area contributed by atoms with Gasteiger partial charge in [0.25, 0.3) is 0 Å². The highest BCUT2D eigenvalue weighted by Gasteiger charge is 2.25. The Balaban J connectivity index is 2.17. The molecule has 1 heterocycles. The van der Waals surface area contributed by atoms with E-state index < -0.39 is 0 Å². The second-order valence-corrected chi connectivity index (χ2v) is 5.52. The number of benzene rings is 2. The predicted molar refractivity (Wildman–Crippen MR) is 82.3 cm³/mol. The van der Waals surface area contributed by atoms with E-state index in [1.165, 1.54) is 11.3 Å². The second kappa shape index (κ2) is 5.02. The molecule has 2 aromatic carbocycles. The van der Waals surface area contributed by atoms with Crippen LogP contribution in [0.1, 0.15) is 30.0 Å². The lowest BCUT2D eigenvalue weighted by Gasteiger charge is -2.37. The summed E-state index contributed by atoms with van der Waals surface area (Å²) >= 11 is 0. The molecule has 3 rings (SSSR count). The molecule has 20 heavy (non-hydrogen) atoms. The molecule has 0 aliphatic carbocycles. The molecule has 100 valence electrons. The van der Waals surface area contributed by atoms with Gasteiger partial charge in [0.05, 0.1) is 11.3 Å². The van der Waals surface area contributed by atoms with Crippen molar-refractivity contribution in [2.24, 2.45) is 0 Å². The number of anilines is 2. The van der Waals surface area contributed by atoms with Crippen LogP contribution in [0.5, 0.6) is 0 Å². The van der Waals surface area contributed by atoms with Gasteiger partial charge in [-0.3, -0.25) is 0 Å². The van der Waals surface area contributed by atoms with Crippen molar-refractivity contribution < 1.29 is 0 Å². The summed E-state index contributed by atoms with van der Waals surface area (Å²) in [6, 6.07) is 17.4. The van der Waals surface area contributed by atoms with Crippen molar-refractivity contribution >= 4 is 11.4 Å². The van der Waals surface area contributed by atoms with Crippen molar-refractivity contribution in [3.05, 3.63) is 59.2 Å². The molecule has 2 aromatic rings. The lowest BCUT2D eigenvalue weighted by Crippen LogP contribution is -2.33. The van der Waals surface area contributed by atoms with Gasteiger partial charge in [0, 0.05) is 11.7 Å². The highest BCUT2D eigenvalue weighted by Crippen LogP contribution is 2.38. The summed E-state index contributed by atoms with van der Waals surface area (Å²) in [5.74, 6) is 0. The zero-order valence-electron chi connectivity index (χ0n) is 11.9. The molecule has 1 aliphatic heterocycles. The van der Waals surface area contributed by atoms with Gasteiger partial charge in [0.15, 0.2) is 0 Å². The van der Waals surface area contributed by atoms with E-state index in [-0.39, 0.29) is 0 Å². The summed E-state index contributed by atoms with van der Waals surface area (Å²) < 4.78 is 0. The quantitative estimate of drug-likeness (QED) is 0.764. The third-order valence-electron chi connectivity index (χ3n) is 4.06. The Morgan fingerprint density at radius 3 is 2.75 bits per heavy atom. The maximum Gasteiger partial charge on any atom is 0.101 e. The van der Waals surface area contributed by atoms with Crippen LogP contribution in [-0.2, 0) is 6.42 Å². The lowest BCUT2D eigenvalue weighted by molar-refractivity contribution is 0.618. The van der Waals surface area contributed by atoms with E-state index in [0.717, 1.165) is 29.7 Å². The fraction of sp³-hybridized carbons (Fsp3) is 0.278. The van der Waals surface area contributed by atoms with Crippen LogP contribution in [0.25, 0.3) is 0 Å². The Morgan fingerprint density at radius 2 is 1.95 bits per heavy atom. The Morgan fingerprint density at radius 1 is 1.15 bits per heavy atom. The third-order valence-corrected chi connectivity index (χ3v) is 4.06. The Bertz CT molecular complexity index is 682. The number of hydrogen-bond acceptors (Lipinski definition) is 2. The van der Waals surface area contributed by atoms with E-state index in [1.807, 2.05) is 13.0 Å². The molecule has 1 unspecified atom stereocenters. The molecule has 1 atom stereocenters. The van der Waals surface area contributed by atoms with E-state index in [2.05, 4.69) is 54.3 Å². The van der Waals surface area contributed by atoms with Crippen LogP contribution in [-0.4, -0.2) is 6.04 Å². The first-order valence-electron chi connectivity index (χ1n) is 7.08. The standard InChI is InChI=1S/C18H18N2/c1-13-7-10-18(16(11-13)12-19)20-14(2)8-9-15-5-3-4-6-17(15)20/h3-7,10-11,14H,8-9H2,1-2H3. The van der Waals surface area contributed by atoms with Gasteiger partial charge in [-0.25, -0.2) is 0 Å². The average molecular weight is 262 g/mol. The van der Waals surface area contributed by atoms with Crippen molar-refractivity contribution in [3.63, 3.8) is 0 Å². The van der Waals surface area contributed by atoms with E-state index in [0.29, 0.717) is 6.04 Å². The van der Waals surface area contributed by atoms with Crippen molar-refractivity contribution in [1.82, 2.24) is 0 Å². The normalized spacial score (nSPS) is 17.4. The number of hydrogen-bond donors (Lipinski definition) is 0. The SMILES string of the molecule is Cc1ccc(N2c3ccccc3CCC2C)c(C#N)c1. The monoisotopic (exact) mass is 262 g/mol. The fourth-order valence-corrected chi connectivity index (χ4v) is 3.00. The zero-order valence-corrected chi connectivity index (χ0v) is 11.9. The van der Waals surface area contributed by atoms with Crippen LogP contribution in [0, 0.1) is 18.3 Å². The van der Waals surface area contributed by atoms with Crippen LogP contribution < -0.4 is 4.90 Å². The van der Waals surface area contributed by atoms with Gasteiger partial charge in [0.1, 0.15) is 6.07 Å². The minimum atomic E-state index is 0.416. The Kier molecular flexibility index (Phi) is 3.20. The number of nitrogens with zero attached hydrogens (tertiary/aromatic N) is 2. The first kappa shape index (κ1) is 12.7. The van der Waals surface area contributed by atoms with Gasteiger partial charge >= 0.3 is 0 Å². The molecular formula is C18H18N2. The van der Waals surface area contributed by atoms with E-state index in [1.54, 1.807) is 0 Å². The summed E-state index contributed by atoms with van der Waals surface area (Å²) in [6.45, 7) is 4.26. The van der Waals surface area contributed by atoms with Gasteiger partial charge in [-0.15, -0.1) is 0 Å². The topological polar surface area (TPSA) is 27.0 Å². The minimum absolute atomic E-state index is 0.416. The fourth-order valence-electron chi connectivity index (χ4n) is 3.00. The summed E-state index contributed by atoms with van der Waals surface area (Å²) in [6.07, 6.45) is 2.23. The zero-order chi connectivity index (χ0) is 14.1. The third kappa shape index (κ3) is 2.06. The van der Waals surface area contributed by atoms with Gasteiger partial charge in [-0.2, -0.15) is 5.26 Å². The van der Waals surface area contributed by atoms with Gasteiger partial charge in [-0.1, -0.05) is 24.3 Å². The maximum absolute atomic E-state index is 9.43. The molecule has 0 saturated carbocycles. The molecule has 0 bridgehead atoms. The molecule has 0 fully saturated rings. The Hall–Kier alpha value is -2.27. The van der Waals surface area contributed by atoms with E-state index in [9.17, 15) is 5.26 Å². The number of para-hydroxylation sites is 1. The maximum atomic E-state index is 9.43. The summed E-state index contributed by atoms with van der Waals surface area (Å²) in [5, 5.41) is 9.43. The molecule has 2 heteroatoms. The second-order valence-electron chi connectivity index (χ2n) is 5.52. The van der Waals surface area contributed by atoms with Crippen molar-refractivity contribution in [3.8, 4) is 6.07 Å². The smallest absolute Gasteiger partial charge is 0.101 e. The highest BCUT2D eigenvalue weighted by atomic mass is 15.2. The molecular weight excluding hydrogens is 244 g/mol.